The second-order valence-corrected chi connectivity index (χ2v) is 7.02. The summed E-state index contributed by atoms with van der Waals surface area (Å²) in [5.74, 6) is 0.606. The van der Waals surface area contributed by atoms with E-state index < -0.39 is 15.9 Å². The van der Waals surface area contributed by atoms with Crippen LogP contribution in [0.25, 0.3) is 0 Å². The highest BCUT2D eigenvalue weighted by Gasteiger charge is 2.18. The molecule has 0 fully saturated rings. The Labute approximate surface area is 102 Å². The summed E-state index contributed by atoms with van der Waals surface area (Å²) in [5.41, 5.74) is 5.69. The smallest absolute Gasteiger partial charge is 0.239 e. The molecule has 0 spiro atoms. The molecule has 0 heterocycles. The summed E-state index contributed by atoms with van der Waals surface area (Å²) < 4.78 is 21.9. The molecule has 0 unspecified atom stereocenters. The monoisotopic (exact) mass is 268 g/mol. The molecule has 1 atom stereocenters. The number of amides is 1. The van der Waals surface area contributed by atoms with Gasteiger partial charge in [-0.25, -0.2) is 8.42 Å². The van der Waals surface area contributed by atoms with E-state index >= 15 is 0 Å². The van der Waals surface area contributed by atoms with Gasteiger partial charge in [0.25, 0.3) is 0 Å². The number of sulfone groups is 1. The molecule has 2 N–H and O–H groups in total. The molecule has 0 aromatic heterocycles. The second-order valence-electron chi connectivity index (χ2n) is 3.78. The number of rotatable bonds is 7. The molecule has 0 bridgehead atoms. The Bertz CT molecular complexity index is 317. The van der Waals surface area contributed by atoms with Crippen molar-refractivity contribution in [3.05, 3.63) is 0 Å². The van der Waals surface area contributed by atoms with Crippen LogP contribution in [0.5, 0.6) is 0 Å². The van der Waals surface area contributed by atoms with E-state index in [1.165, 1.54) is 4.90 Å². The average Bonchev–Trinajstić information content (AvgIpc) is 2.20. The van der Waals surface area contributed by atoms with Crippen LogP contribution in [0.1, 0.15) is 6.42 Å². The van der Waals surface area contributed by atoms with Gasteiger partial charge in [-0.15, -0.1) is 0 Å². The van der Waals surface area contributed by atoms with E-state index in [1.807, 2.05) is 6.26 Å². The normalized spacial score (nSPS) is 13.5. The molecule has 16 heavy (non-hydrogen) atoms. The van der Waals surface area contributed by atoms with Crippen LogP contribution in [0, 0.1) is 0 Å². The number of hydrogen-bond donors (Lipinski definition) is 1. The van der Waals surface area contributed by atoms with E-state index in [9.17, 15) is 13.2 Å². The number of hydrogen-bond acceptors (Lipinski definition) is 5. The molecule has 5 nitrogen and oxygen atoms in total. The topological polar surface area (TPSA) is 80.5 Å². The van der Waals surface area contributed by atoms with Crippen LogP contribution in [0.15, 0.2) is 0 Å². The van der Waals surface area contributed by atoms with Crippen molar-refractivity contribution in [2.24, 2.45) is 5.73 Å². The predicted octanol–water partition coefficient (Wildman–Crippen LogP) is -0.430. The van der Waals surface area contributed by atoms with Crippen LogP contribution in [-0.2, 0) is 14.6 Å². The first-order valence-electron chi connectivity index (χ1n) is 4.95. The fraction of sp³-hybridized carbons (Fsp3) is 0.889. The molecule has 0 aromatic rings. The van der Waals surface area contributed by atoms with Crippen LogP contribution in [0.2, 0.25) is 0 Å². The third kappa shape index (κ3) is 7.08. The number of nitrogens with two attached hydrogens (primary N) is 1. The van der Waals surface area contributed by atoms with Crippen LogP contribution in [0.4, 0.5) is 0 Å². The molecular weight excluding hydrogens is 248 g/mol. The van der Waals surface area contributed by atoms with Crippen LogP contribution >= 0.6 is 11.8 Å². The SMILES string of the molecule is CSCC[C@@H](N)C(=O)N(C)CCS(C)(=O)=O. The minimum absolute atomic E-state index is 0.0233. The highest BCUT2D eigenvalue weighted by molar-refractivity contribution is 7.98. The maximum Gasteiger partial charge on any atom is 0.239 e. The minimum Gasteiger partial charge on any atom is -0.343 e. The average molecular weight is 268 g/mol. The van der Waals surface area contributed by atoms with E-state index in [1.54, 1.807) is 18.8 Å². The molecule has 0 aliphatic carbocycles. The first kappa shape index (κ1) is 15.7. The summed E-state index contributed by atoms with van der Waals surface area (Å²) in [6.07, 6.45) is 3.72. The van der Waals surface area contributed by atoms with Gasteiger partial charge in [-0.1, -0.05) is 0 Å². The Morgan fingerprint density at radius 2 is 2.06 bits per heavy atom. The first-order valence-corrected chi connectivity index (χ1v) is 8.40. The fourth-order valence-electron chi connectivity index (χ4n) is 1.06. The molecule has 0 aromatic carbocycles. The fourth-order valence-corrected chi connectivity index (χ4v) is 2.16. The quantitative estimate of drug-likeness (QED) is 0.677. The zero-order chi connectivity index (χ0) is 12.8. The standard InChI is InChI=1S/C9H20N2O3S2/c1-11(5-7-16(3,13)14)9(12)8(10)4-6-15-2/h8H,4-7,10H2,1-3H3/t8-/m1/s1. The summed E-state index contributed by atoms with van der Waals surface area (Å²) in [7, 11) is -1.46. The molecule has 1 amide bonds. The lowest BCUT2D eigenvalue weighted by molar-refractivity contribution is -0.131. The molecule has 7 heteroatoms. The van der Waals surface area contributed by atoms with Gasteiger partial charge in [-0.3, -0.25) is 4.79 Å². The molecular formula is C9H20N2O3S2. The van der Waals surface area contributed by atoms with Crippen LogP contribution in [0.3, 0.4) is 0 Å². The maximum atomic E-state index is 11.7. The summed E-state index contributed by atoms with van der Waals surface area (Å²) in [6.45, 7) is 0.199. The van der Waals surface area contributed by atoms with E-state index in [4.69, 9.17) is 5.73 Å². The third-order valence-corrected chi connectivity index (χ3v) is 3.69. The Balaban J connectivity index is 4.07. The molecule has 0 saturated carbocycles. The molecule has 0 saturated heterocycles. The van der Waals surface area contributed by atoms with Crippen molar-refractivity contribution in [2.45, 2.75) is 12.5 Å². The van der Waals surface area contributed by atoms with E-state index in [0.717, 1.165) is 12.0 Å². The van der Waals surface area contributed by atoms with Gasteiger partial charge in [0.1, 0.15) is 9.84 Å². The van der Waals surface area contributed by atoms with Gasteiger partial charge in [0.2, 0.25) is 5.91 Å². The van der Waals surface area contributed by atoms with Crippen molar-refractivity contribution >= 4 is 27.5 Å². The largest absolute Gasteiger partial charge is 0.343 e. The summed E-state index contributed by atoms with van der Waals surface area (Å²) in [5, 5.41) is 0. The highest BCUT2D eigenvalue weighted by atomic mass is 32.2. The zero-order valence-corrected chi connectivity index (χ0v) is 11.6. The van der Waals surface area contributed by atoms with Gasteiger partial charge in [-0.05, 0) is 18.4 Å². The number of likely N-dealkylation sites (N-methyl/N-ethyl adjacent to an activating group) is 1. The summed E-state index contributed by atoms with van der Waals surface area (Å²) >= 11 is 1.63. The van der Waals surface area contributed by atoms with E-state index in [2.05, 4.69) is 0 Å². The van der Waals surface area contributed by atoms with E-state index in [-0.39, 0.29) is 18.2 Å². The molecule has 96 valence electrons. The Morgan fingerprint density at radius 3 is 2.50 bits per heavy atom. The van der Waals surface area contributed by atoms with Crippen molar-refractivity contribution in [1.82, 2.24) is 4.90 Å². The molecule has 0 aliphatic heterocycles. The van der Waals surface area contributed by atoms with Crippen molar-refractivity contribution in [1.29, 1.82) is 0 Å². The zero-order valence-electron chi connectivity index (χ0n) is 9.97. The molecule has 0 rings (SSSR count). The lowest BCUT2D eigenvalue weighted by atomic mass is 10.2. The van der Waals surface area contributed by atoms with Gasteiger partial charge >= 0.3 is 0 Å². The minimum atomic E-state index is -3.03. The van der Waals surface area contributed by atoms with Gasteiger partial charge in [-0.2, -0.15) is 11.8 Å². The molecule has 0 radical (unpaired) electrons. The summed E-state index contributed by atoms with van der Waals surface area (Å²) in [4.78, 5) is 13.0. The van der Waals surface area contributed by atoms with Crippen molar-refractivity contribution < 1.29 is 13.2 Å². The summed E-state index contributed by atoms with van der Waals surface area (Å²) in [6, 6.07) is -0.531. The van der Waals surface area contributed by atoms with Crippen molar-refractivity contribution in [3.63, 3.8) is 0 Å². The van der Waals surface area contributed by atoms with Crippen LogP contribution in [-0.4, -0.2) is 62.9 Å². The van der Waals surface area contributed by atoms with Gasteiger partial charge in [0.15, 0.2) is 0 Å². The van der Waals surface area contributed by atoms with Crippen LogP contribution < -0.4 is 5.73 Å². The van der Waals surface area contributed by atoms with Crippen molar-refractivity contribution in [3.8, 4) is 0 Å². The van der Waals surface area contributed by atoms with Gasteiger partial charge in [0, 0.05) is 19.8 Å². The number of carbonyl (C=O) groups excluding carboxylic acids is 1. The lowest BCUT2D eigenvalue weighted by Gasteiger charge is -2.20. The van der Waals surface area contributed by atoms with Gasteiger partial charge < -0.3 is 10.6 Å². The number of thioether (sulfide) groups is 1. The lowest BCUT2D eigenvalue weighted by Crippen LogP contribution is -2.43. The molecule has 0 aliphatic rings. The Morgan fingerprint density at radius 1 is 1.50 bits per heavy atom. The van der Waals surface area contributed by atoms with E-state index in [0.29, 0.717) is 6.42 Å². The first-order chi connectivity index (χ1) is 7.28. The second kappa shape index (κ2) is 7.13. The Kier molecular flexibility index (Phi) is 7.01. The Hall–Kier alpha value is -0.270. The predicted molar refractivity (Wildman–Crippen MR) is 68.3 cm³/mol. The van der Waals surface area contributed by atoms with Crippen molar-refractivity contribution in [2.75, 3.05) is 37.6 Å². The van der Waals surface area contributed by atoms with Gasteiger partial charge in [0.05, 0.1) is 11.8 Å². The number of nitrogens with zero attached hydrogens (tertiary/aromatic N) is 1. The number of carbonyl (C=O) groups is 1. The maximum absolute atomic E-state index is 11.7. The third-order valence-electron chi connectivity index (χ3n) is 2.12. The highest BCUT2D eigenvalue weighted by Crippen LogP contribution is 2.01.